The van der Waals surface area contributed by atoms with Crippen LogP contribution in [0, 0.1) is 5.21 Å². The zero-order valence-electron chi connectivity index (χ0n) is 4.82. The van der Waals surface area contributed by atoms with Crippen molar-refractivity contribution in [2.45, 2.75) is 5.03 Å². The van der Waals surface area contributed by atoms with E-state index < -0.39 is 0 Å². The maximum absolute atomic E-state index is 10.5. The molecule has 2 nitrogen and oxygen atoms in total. The van der Waals surface area contributed by atoms with Crippen LogP contribution in [-0.2, 0) is 0 Å². The van der Waals surface area contributed by atoms with E-state index in [1.54, 1.807) is 18.2 Å². The van der Waals surface area contributed by atoms with Gasteiger partial charge in [0.15, 0.2) is 6.20 Å². The van der Waals surface area contributed by atoms with Crippen molar-refractivity contribution in [3.8, 4) is 0 Å². The fourth-order valence-electron chi connectivity index (χ4n) is 0.419. The number of hydrogen-bond donors (Lipinski definition) is 1. The second-order valence-electron chi connectivity index (χ2n) is 1.38. The van der Waals surface area contributed by atoms with E-state index in [0.29, 0.717) is 9.76 Å². The Hall–Kier alpha value is 0.118. The Bertz CT molecular complexity index is 173. The molecule has 4 heteroatoms. The SMILES string of the molecule is [O-][n+]1ccccc1S.[SbH3]. The molecule has 0 aliphatic heterocycles. The summed E-state index contributed by atoms with van der Waals surface area (Å²) < 4.78 is 0.698. The first-order valence-corrected chi connectivity index (χ1v) is 2.62. The number of nitrogens with zero attached hydrogens (tertiary/aromatic N) is 1. The van der Waals surface area contributed by atoms with E-state index >= 15 is 0 Å². The maximum atomic E-state index is 10.5. The molecule has 0 bridgehead atoms. The third-order valence-corrected chi connectivity index (χ3v) is 1.15. The standard InChI is InChI=1S/C5H5NOS.Sb.3H/c7-6-4-2-1-3-5(6)8;;;;/h1-4,8H;;;;. The third-order valence-electron chi connectivity index (χ3n) is 0.804. The average Bonchev–Trinajstić information content (AvgIpc) is 1.77. The van der Waals surface area contributed by atoms with Crippen LogP contribution in [0.4, 0.5) is 0 Å². The Morgan fingerprint density at radius 2 is 2.11 bits per heavy atom. The monoisotopic (exact) mass is 251 g/mol. The van der Waals surface area contributed by atoms with E-state index in [9.17, 15) is 5.21 Å². The van der Waals surface area contributed by atoms with Crippen molar-refractivity contribution in [2.24, 2.45) is 0 Å². The van der Waals surface area contributed by atoms with Gasteiger partial charge in [-0.2, -0.15) is 4.73 Å². The van der Waals surface area contributed by atoms with Crippen LogP contribution in [-0.4, -0.2) is 24.4 Å². The first-order valence-electron chi connectivity index (χ1n) is 2.18. The van der Waals surface area contributed by atoms with E-state index in [0.717, 1.165) is 0 Å². The molecule has 1 heterocycles. The molecular formula is C5H8NOSSb. The minimum absolute atomic E-state index is 0. The molecule has 0 saturated heterocycles. The van der Waals surface area contributed by atoms with Crippen LogP contribution in [0.5, 0.6) is 0 Å². The van der Waals surface area contributed by atoms with Gasteiger partial charge in [0, 0.05) is 12.1 Å². The molecule has 0 atom stereocenters. The van der Waals surface area contributed by atoms with Crippen LogP contribution in [0.1, 0.15) is 0 Å². The van der Waals surface area contributed by atoms with Crippen LogP contribution < -0.4 is 4.73 Å². The first kappa shape index (κ1) is 9.12. The Morgan fingerprint density at radius 3 is 2.44 bits per heavy atom. The third kappa shape index (κ3) is 2.46. The van der Waals surface area contributed by atoms with Crippen LogP contribution in [0.15, 0.2) is 29.4 Å². The molecule has 50 valence electrons. The van der Waals surface area contributed by atoms with Crippen molar-refractivity contribution in [3.05, 3.63) is 29.6 Å². The molecule has 0 N–H and O–H groups in total. The van der Waals surface area contributed by atoms with E-state index in [4.69, 9.17) is 0 Å². The average molecular weight is 252 g/mol. The molecule has 0 fully saturated rings. The summed E-state index contributed by atoms with van der Waals surface area (Å²) in [5, 5.41) is 10.9. The van der Waals surface area contributed by atoms with Gasteiger partial charge in [-0.05, 0) is 6.07 Å². The van der Waals surface area contributed by atoms with Gasteiger partial charge in [-0.3, -0.25) is 0 Å². The normalized spacial score (nSPS) is 8.11. The van der Waals surface area contributed by atoms with Gasteiger partial charge < -0.3 is 5.21 Å². The summed E-state index contributed by atoms with van der Waals surface area (Å²) in [4.78, 5) is 0. The van der Waals surface area contributed by atoms with Crippen molar-refractivity contribution >= 4 is 37.1 Å². The molecule has 9 heavy (non-hydrogen) atoms. The van der Waals surface area contributed by atoms with E-state index in [-0.39, 0.29) is 24.4 Å². The summed E-state index contributed by atoms with van der Waals surface area (Å²) >= 11 is 3.85. The van der Waals surface area contributed by atoms with Crippen molar-refractivity contribution < 1.29 is 4.73 Å². The van der Waals surface area contributed by atoms with Crippen LogP contribution >= 0.6 is 12.6 Å². The molecule has 0 radical (unpaired) electrons. The molecule has 0 saturated carbocycles. The minimum atomic E-state index is 0. The van der Waals surface area contributed by atoms with Gasteiger partial charge >= 0.3 is 24.4 Å². The summed E-state index contributed by atoms with van der Waals surface area (Å²) in [6, 6.07) is 5.06. The summed E-state index contributed by atoms with van der Waals surface area (Å²) in [7, 11) is 0. The molecule has 1 aromatic rings. The van der Waals surface area contributed by atoms with Gasteiger partial charge in [0.1, 0.15) is 0 Å². The predicted molar refractivity (Wildman–Crippen MR) is 42.6 cm³/mol. The molecule has 0 aliphatic rings. The fourth-order valence-corrected chi connectivity index (χ4v) is 0.572. The fraction of sp³-hybridized carbons (Fsp3) is 0. The number of hydrogen-bond acceptors (Lipinski definition) is 2. The topological polar surface area (TPSA) is 26.9 Å². The predicted octanol–water partition coefficient (Wildman–Crippen LogP) is -0.575. The molecule has 0 amide bonds. The number of pyridine rings is 1. The molecule has 0 spiro atoms. The molecule has 0 aliphatic carbocycles. The number of aromatic nitrogens is 1. The van der Waals surface area contributed by atoms with Crippen LogP contribution in [0.2, 0.25) is 0 Å². The van der Waals surface area contributed by atoms with Crippen molar-refractivity contribution in [1.29, 1.82) is 0 Å². The summed E-state index contributed by atoms with van der Waals surface area (Å²) in [6.45, 7) is 0. The summed E-state index contributed by atoms with van der Waals surface area (Å²) in [5.41, 5.74) is 0. The summed E-state index contributed by atoms with van der Waals surface area (Å²) in [5.74, 6) is 0. The Balaban J connectivity index is 0.000000640. The number of thiol groups is 1. The van der Waals surface area contributed by atoms with Gasteiger partial charge in [-0.25, -0.2) is 0 Å². The molecule has 0 aromatic carbocycles. The van der Waals surface area contributed by atoms with Gasteiger partial charge in [-0.1, -0.05) is 12.6 Å². The molecule has 0 unspecified atom stereocenters. The van der Waals surface area contributed by atoms with Gasteiger partial charge in [-0.15, -0.1) is 0 Å². The molecular weight excluding hydrogens is 244 g/mol. The van der Waals surface area contributed by atoms with Crippen molar-refractivity contribution in [3.63, 3.8) is 0 Å². The quantitative estimate of drug-likeness (QED) is 0.284. The van der Waals surface area contributed by atoms with Crippen LogP contribution in [0.3, 0.4) is 0 Å². The number of rotatable bonds is 0. The van der Waals surface area contributed by atoms with Gasteiger partial charge in [0.2, 0.25) is 5.03 Å². The Morgan fingerprint density at radius 1 is 1.44 bits per heavy atom. The Kier molecular flexibility index (Phi) is 4.07. The first-order chi connectivity index (χ1) is 3.80. The second kappa shape index (κ2) is 4.02. The van der Waals surface area contributed by atoms with Gasteiger partial charge in [0.25, 0.3) is 0 Å². The summed E-state index contributed by atoms with van der Waals surface area (Å²) in [6.07, 6.45) is 1.41. The van der Waals surface area contributed by atoms with Gasteiger partial charge in [0.05, 0.1) is 0 Å². The Labute approximate surface area is 76.3 Å². The van der Waals surface area contributed by atoms with Crippen molar-refractivity contribution in [2.75, 3.05) is 0 Å². The second-order valence-corrected chi connectivity index (χ2v) is 1.84. The zero-order chi connectivity index (χ0) is 5.98. The van der Waals surface area contributed by atoms with E-state index in [1.807, 2.05) is 0 Å². The van der Waals surface area contributed by atoms with E-state index in [2.05, 4.69) is 12.6 Å². The van der Waals surface area contributed by atoms with E-state index in [1.165, 1.54) is 6.20 Å². The molecule has 1 aromatic heterocycles. The van der Waals surface area contributed by atoms with Crippen LogP contribution in [0.25, 0.3) is 0 Å². The zero-order valence-corrected chi connectivity index (χ0v) is 9.75. The molecule has 1 rings (SSSR count). The van der Waals surface area contributed by atoms with Crippen molar-refractivity contribution in [1.82, 2.24) is 0 Å².